The van der Waals surface area contributed by atoms with Crippen LogP contribution in [0.25, 0.3) is 0 Å². The van der Waals surface area contributed by atoms with Crippen LogP contribution in [0.5, 0.6) is 5.75 Å². The van der Waals surface area contributed by atoms with E-state index in [0.717, 1.165) is 4.90 Å². The molecule has 0 radical (unpaired) electrons. The highest BCUT2D eigenvalue weighted by molar-refractivity contribution is 5.95. The quantitative estimate of drug-likeness (QED) is 0.520. The van der Waals surface area contributed by atoms with Gasteiger partial charge in [-0.15, -0.1) is 0 Å². The Hall–Kier alpha value is -2.61. The smallest absolute Gasteiger partial charge is 0.321 e. The van der Waals surface area contributed by atoms with Gasteiger partial charge in [-0.2, -0.15) is 0 Å². The number of ether oxygens (including phenoxy) is 1. The zero-order valence-electron chi connectivity index (χ0n) is 15.1. The highest BCUT2D eigenvalue weighted by Gasteiger charge is 2.18. The van der Waals surface area contributed by atoms with Crippen molar-refractivity contribution in [2.24, 2.45) is 0 Å². The van der Waals surface area contributed by atoms with Gasteiger partial charge in [0.1, 0.15) is 5.75 Å². The summed E-state index contributed by atoms with van der Waals surface area (Å²) in [6, 6.07) is 6.44. The van der Waals surface area contributed by atoms with Crippen molar-refractivity contribution in [2.75, 3.05) is 32.1 Å². The monoisotopic (exact) mass is 351 g/mol. The molecule has 1 rings (SSSR count). The summed E-state index contributed by atoms with van der Waals surface area (Å²) in [5.74, 6) is 0.00162. The maximum atomic E-state index is 12.1. The minimum atomic E-state index is -0.531. The molecule has 8 nitrogen and oxygen atoms in total. The molecule has 0 spiro atoms. The van der Waals surface area contributed by atoms with Crippen LogP contribution in [-0.4, -0.2) is 50.6 Å². The van der Waals surface area contributed by atoms with E-state index in [4.69, 9.17) is 4.74 Å². The molecule has 4 N–H and O–H groups in total. The first-order valence-corrected chi connectivity index (χ1v) is 8.21. The second-order valence-corrected chi connectivity index (χ2v) is 5.91. The van der Waals surface area contributed by atoms with Gasteiger partial charge in [0, 0.05) is 17.8 Å². The summed E-state index contributed by atoms with van der Waals surface area (Å²) < 4.78 is 5.11. The van der Waals surface area contributed by atoms with Crippen molar-refractivity contribution in [3.63, 3.8) is 0 Å². The first kappa shape index (κ1) is 20.4. The van der Waals surface area contributed by atoms with E-state index < -0.39 is 11.9 Å². The molecule has 0 aliphatic rings. The fourth-order valence-electron chi connectivity index (χ4n) is 2.14. The molecule has 0 fully saturated rings. The van der Waals surface area contributed by atoms with Crippen molar-refractivity contribution in [3.05, 3.63) is 24.3 Å². The van der Waals surface area contributed by atoms with Gasteiger partial charge in [0.25, 0.3) is 11.8 Å². The second kappa shape index (κ2) is 10.3. The van der Waals surface area contributed by atoms with Crippen LogP contribution in [-0.2, 0) is 9.59 Å². The summed E-state index contributed by atoms with van der Waals surface area (Å²) in [5, 5.41) is 7.60. The number of methoxy groups -OCH3 is 1. The topological polar surface area (TPSA) is 101 Å². The van der Waals surface area contributed by atoms with E-state index in [9.17, 15) is 14.4 Å². The van der Waals surface area contributed by atoms with Crippen molar-refractivity contribution in [1.29, 1.82) is 0 Å². The van der Waals surface area contributed by atoms with Crippen molar-refractivity contribution in [1.82, 2.24) is 10.6 Å². The molecule has 8 heteroatoms. The van der Waals surface area contributed by atoms with Gasteiger partial charge in [0.15, 0.2) is 13.1 Å². The van der Waals surface area contributed by atoms with Crippen molar-refractivity contribution < 1.29 is 24.0 Å². The number of hydrogen-bond donors (Lipinski definition) is 4. The van der Waals surface area contributed by atoms with Crippen molar-refractivity contribution in [2.45, 2.75) is 26.8 Å². The van der Waals surface area contributed by atoms with E-state index in [1.165, 1.54) is 0 Å². The van der Waals surface area contributed by atoms with Crippen LogP contribution < -0.4 is 25.6 Å². The minimum Gasteiger partial charge on any atom is -0.497 e. The van der Waals surface area contributed by atoms with Gasteiger partial charge in [0.05, 0.1) is 13.7 Å². The van der Waals surface area contributed by atoms with Gasteiger partial charge in [-0.3, -0.25) is 14.9 Å². The number of rotatable bonds is 8. The number of amides is 4. The number of likely N-dealkylation sites (N-methyl/N-ethyl adjacent to an activating group) is 1. The number of carbonyl (C=O) groups is 3. The summed E-state index contributed by atoms with van der Waals surface area (Å²) in [6.45, 7) is 6.20. The van der Waals surface area contributed by atoms with E-state index >= 15 is 0 Å². The molecule has 0 aromatic heterocycles. The Kier molecular flexibility index (Phi) is 8.42. The lowest BCUT2D eigenvalue weighted by atomic mass is 10.3. The van der Waals surface area contributed by atoms with Gasteiger partial charge < -0.3 is 20.3 Å². The standard InChI is InChI=1S/C17H26N4O4/c1-5-21(11-16(23)20-17(24)18-12(2)3)10-15(22)19-13-7-6-8-14(9-13)25-4/h6-9,12H,5,10-11H2,1-4H3,(H,19,22)(H2,18,20,23,24)/p+1. The van der Waals surface area contributed by atoms with E-state index in [2.05, 4.69) is 16.0 Å². The Balaban J connectivity index is 2.49. The molecule has 0 saturated carbocycles. The molecule has 1 aromatic carbocycles. The number of anilines is 1. The zero-order valence-corrected chi connectivity index (χ0v) is 15.1. The lowest BCUT2D eigenvalue weighted by Gasteiger charge is -2.17. The largest absolute Gasteiger partial charge is 0.497 e. The van der Waals surface area contributed by atoms with Crippen molar-refractivity contribution >= 4 is 23.5 Å². The first-order chi connectivity index (χ1) is 11.8. The van der Waals surface area contributed by atoms with Gasteiger partial charge in [-0.1, -0.05) is 6.07 Å². The third kappa shape index (κ3) is 8.16. The highest BCUT2D eigenvalue weighted by Crippen LogP contribution is 2.16. The molecular formula is C17H27N4O4+. The van der Waals surface area contributed by atoms with Gasteiger partial charge in [-0.25, -0.2) is 4.79 Å². The first-order valence-electron chi connectivity index (χ1n) is 8.21. The van der Waals surface area contributed by atoms with Gasteiger partial charge in [-0.05, 0) is 32.9 Å². The molecule has 0 bridgehead atoms. The predicted molar refractivity (Wildman–Crippen MR) is 94.7 cm³/mol. The SMILES string of the molecule is CC[NH+](CC(=O)NC(=O)NC(C)C)CC(=O)Nc1cccc(OC)c1. The Morgan fingerprint density at radius 2 is 1.84 bits per heavy atom. The molecule has 0 aliphatic heterocycles. The molecule has 4 amide bonds. The molecule has 138 valence electrons. The zero-order chi connectivity index (χ0) is 18.8. The number of quaternary nitrogens is 1. The van der Waals surface area contributed by atoms with Crippen LogP contribution >= 0.6 is 0 Å². The van der Waals surface area contributed by atoms with Gasteiger partial charge in [0.2, 0.25) is 0 Å². The molecule has 0 saturated heterocycles. The number of benzene rings is 1. The third-order valence-electron chi connectivity index (χ3n) is 3.35. The fourth-order valence-corrected chi connectivity index (χ4v) is 2.14. The average Bonchev–Trinajstić information content (AvgIpc) is 2.53. The van der Waals surface area contributed by atoms with E-state index in [-0.39, 0.29) is 25.0 Å². The molecule has 1 unspecified atom stereocenters. The lowest BCUT2D eigenvalue weighted by molar-refractivity contribution is -0.881. The summed E-state index contributed by atoms with van der Waals surface area (Å²) in [5.41, 5.74) is 0.626. The van der Waals surface area contributed by atoms with Crippen LogP contribution in [0.1, 0.15) is 20.8 Å². The number of nitrogens with one attached hydrogen (secondary N) is 4. The summed E-state index contributed by atoms with van der Waals surface area (Å²) in [4.78, 5) is 36.3. The fraction of sp³-hybridized carbons (Fsp3) is 0.471. The summed E-state index contributed by atoms with van der Waals surface area (Å²) in [7, 11) is 1.55. The van der Waals surface area contributed by atoms with Crippen LogP contribution in [0.15, 0.2) is 24.3 Å². The molecule has 25 heavy (non-hydrogen) atoms. The van der Waals surface area contributed by atoms with E-state index in [1.54, 1.807) is 45.2 Å². The lowest BCUT2D eigenvalue weighted by Crippen LogP contribution is -3.14. The molecule has 1 aromatic rings. The number of carbonyl (C=O) groups excluding carboxylic acids is 3. The average molecular weight is 351 g/mol. The maximum absolute atomic E-state index is 12.1. The molecule has 0 heterocycles. The van der Waals surface area contributed by atoms with E-state index in [0.29, 0.717) is 18.0 Å². The Morgan fingerprint density at radius 3 is 2.44 bits per heavy atom. The summed E-state index contributed by atoms with van der Waals surface area (Å²) in [6.07, 6.45) is 0. The normalized spacial score (nSPS) is 11.6. The summed E-state index contributed by atoms with van der Waals surface area (Å²) >= 11 is 0. The predicted octanol–water partition coefficient (Wildman–Crippen LogP) is -0.227. The minimum absolute atomic E-state index is 0.0353. The van der Waals surface area contributed by atoms with Crippen molar-refractivity contribution in [3.8, 4) is 5.75 Å². The number of urea groups is 1. The second-order valence-electron chi connectivity index (χ2n) is 5.91. The third-order valence-corrected chi connectivity index (χ3v) is 3.35. The van der Waals surface area contributed by atoms with E-state index in [1.807, 2.05) is 6.92 Å². The highest BCUT2D eigenvalue weighted by atomic mass is 16.5. The number of hydrogen-bond acceptors (Lipinski definition) is 4. The maximum Gasteiger partial charge on any atom is 0.321 e. The molecular weight excluding hydrogens is 324 g/mol. The Labute approximate surface area is 147 Å². The molecule has 0 aliphatic carbocycles. The van der Waals surface area contributed by atoms with Crippen LogP contribution in [0, 0.1) is 0 Å². The molecule has 1 atom stereocenters. The Morgan fingerprint density at radius 1 is 1.16 bits per heavy atom. The Bertz CT molecular complexity index is 604. The van der Waals surface area contributed by atoms with Crippen LogP contribution in [0.3, 0.4) is 0 Å². The van der Waals surface area contributed by atoms with Crippen LogP contribution in [0.2, 0.25) is 0 Å². The van der Waals surface area contributed by atoms with Gasteiger partial charge >= 0.3 is 6.03 Å². The van der Waals surface area contributed by atoms with Crippen LogP contribution in [0.4, 0.5) is 10.5 Å². The number of imide groups is 1.